The number of nitrogens with one attached hydrogen (secondary N) is 1. The summed E-state index contributed by atoms with van der Waals surface area (Å²) < 4.78 is 13.2. The van der Waals surface area contributed by atoms with Gasteiger partial charge in [0.1, 0.15) is 11.6 Å². The molecule has 2 rings (SSSR count). The van der Waals surface area contributed by atoms with E-state index in [2.05, 4.69) is 5.32 Å². The smallest absolute Gasteiger partial charge is 0.254 e. The average Bonchev–Trinajstić information content (AvgIpc) is 2.87. The highest BCUT2D eigenvalue weighted by molar-refractivity contribution is 5.94. The summed E-state index contributed by atoms with van der Waals surface area (Å²) in [6.07, 6.45) is 1.93. The van der Waals surface area contributed by atoms with Crippen molar-refractivity contribution < 1.29 is 14.3 Å². The lowest BCUT2D eigenvalue weighted by atomic mass is 10.2. The lowest BCUT2D eigenvalue weighted by molar-refractivity contribution is 0.0947. The van der Waals surface area contributed by atoms with Crippen LogP contribution in [-0.4, -0.2) is 17.1 Å². The van der Waals surface area contributed by atoms with Crippen molar-refractivity contribution in [2.45, 2.75) is 18.9 Å². The maximum Gasteiger partial charge on any atom is 0.254 e. The van der Waals surface area contributed by atoms with Crippen LogP contribution in [0.2, 0.25) is 0 Å². The molecule has 1 amide bonds. The Hall–Kier alpha value is -1.58. The lowest BCUT2D eigenvalue weighted by Crippen LogP contribution is -2.26. The first kappa shape index (κ1) is 8.99. The van der Waals surface area contributed by atoms with Gasteiger partial charge < -0.3 is 10.4 Å². The van der Waals surface area contributed by atoms with Crippen molar-refractivity contribution in [2.75, 3.05) is 0 Å². The fraction of sp³-hybridized carbons (Fsp3) is 0.300. The van der Waals surface area contributed by atoms with Gasteiger partial charge in [-0.3, -0.25) is 4.79 Å². The van der Waals surface area contributed by atoms with Crippen LogP contribution in [0, 0.1) is 5.82 Å². The molecule has 74 valence electrons. The van der Waals surface area contributed by atoms with Crippen molar-refractivity contribution in [3.63, 3.8) is 0 Å². The van der Waals surface area contributed by atoms with Crippen molar-refractivity contribution in [1.29, 1.82) is 0 Å². The summed E-state index contributed by atoms with van der Waals surface area (Å²) in [4.78, 5) is 11.4. The number of rotatable bonds is 2. The van der Waals surface area contributed by atoms with Crippen LogP contribution in [0.3, 0.4) is 0 Å². The second-order valence-corrected chi connectivity index (χ2v) is 3.41. The van der Waals surface area contributed by atoms with E-state index in [4.69, 9.17) is 5.11 Å². The molecule has 0 aliphatic heterocycles. The molecule has 3 nitrogen and oxygen atoms in total. The lowest BCUT2D eigenvalue weighted by Gasteiger charge is -2.04. The zero-order valence-electron chi connectivity index (χ0n) is 7.46. The average molecular weight is 195 g/mol. The molecule has 1 aliphatic carbocycles. The van der Waals surface area contributed by atoms with Gasteiger partial charge in [0.05, 0.1) is 5.56 Å². The van der Waals surface area contributed by atoms with Crippen molar-refractivity contribution in [3.05, 3.63) is 29.6 Å². The number of aromatic hydroxyl groups is 1. The largest absolute Gasteiger partial charge is 0.508 e. The highest BCUT2D eigenvalue weighted by atomic mass is 19.1. The Kier molecular flexibility index (Phi) is 2.11. The summed E-state index contributed by atoms with van der Waals surface area (Å²) in [5.41, 5.74) is -0.0188. The molecule has 0 saturated heterocycles. The van der Waals surface area contributed by atoms with E-state index in [1.165, 1.54) is 12.1 Å². The first-order chi connectivity index (χ1) is 6.66. The number of phenols is 1. The minimum Gasteiger partial charge on any atom is -0.508 e. The predicted octanol–water partition coefficient (Wildman–Crippen LogP) is 1.42. The molecule has 0 spiro atoms. The zero-order chi connectivity index (χ0) is 10.1. The van der Waals surface area contributed by atoms with Crippen LogP contribution in [0.1, 0.15) is 23.2 Å². The maximum absolute atomic E-state index is 13.2. The number of hydrogen-bond acceptors (Lipinski definition) is 2. The zero-order valence-corrected chi connectivity index (χ0v) is 7.46. The van der Waals surface area contributed by atoms with Crippen LogP contribution in [-0.2, 0) is 0 Å². The molecule has 1 aliphatic rings. The van der Waals surface area contributed by atoms with Crippen LogP contribution in [0.4, 0.5) is 4.39 Å². The van der Waals surface area contributed by atoms with E-state index in [0.29, 0.717) is 0 Å². The maximum atomic E-state index is 13.2. The third-order valence-electron chi connectivity index (χ3n) is 2.11. The molecular formula is C10H10FNO2. The molecule has 1 aromatic rings. The first-order valence-corrected chi connectivity index (χ1v) is 4.46. The van der Waals surface area contributed by atoms with Gasteiger partial charge in [-0.05, 0) is 25.0 Å². The number of amides is 1. The Morgan fingerprint density at radius 1 is 1.50 bits per heavy atom. The Morgan fingerprint density at radius 2 is 2.21 bits per heavy atom. The third-order valence-corrected chi connectivity index (χ3v) is 2.11. The van der Waals surface area contributed by atoms with Crippen LogP contribution in [0.25, 0.3) is 0 Å². The molecule has 0 radical (unpaired) electrons. The first-order valence-electron chi connectivity index (χ1n) is 4.46. The molecular weight excluding hydrogens is 185 g/mol. The van der Waals surface area contributed by atoms with Gasteiger partial charge in [-0.25, -0.2) is 4.39 Å². The monoisotopic (exact) mass is 195 g/mol. The molecule has 1 saturated carbocycles. The minimum atomic E-state index is -0.692. The third kappa shape index (κ3) is 1.84. The molecule has 0 atom stereocenters. The van der Waals surface area contributed by atoms with E-state index in [1.54, 1.807) is 0 Å². The molecule has 0 aromatic heterocycles. The van der Waals surface area contributed by atoms with E-state index < -0.39 is 11.7 Å². The van der Waals surface area contributed by atoms with Gasteiger partial charge >= 0.3 is 0 Å². The summed E-state index contributed by atoms with van der Waals surface area (Å²) in [6, 6.07) is 3.71. The number of benzene rings is 1. The number of halogens is 1. The molecule has 2 N–H and O–H groups in total. The predicted molar refractivity (Wildman–Crippen MR) is 48.6 cm³/mol. The van der Waals surface area contributed by atoms with Crippen LogP contribution < -0.4 is 5.32 Å². The van der Waals surface area contributed by atoms with Crippen molar-refractivity contribution in [2.24, 2.45) is 0 Å². The van der Waals surface area contributed by atoms with Crippen LogP contribution in [0.5, 0.6) is 5.75 Å². The number of hydrogen-bond donors (Lipinski definition) is 2. The molecule has 1 fully saturated rings. The number of phenolic OH excluding ortho intramolecular Hbond substituents is 1. The van der Waals surface area contributed by atoms with Crippen molar-refractivity contribution in [1.82, 2.24) is 5.32 Å². The Bertz CT molecular complexity index is 374. The second-order valence-electron chi connectivity index (χ2n) is 3.41. The van der Waals surface area contributed by atoms with Gasteiger partial charge in [0, 0.05) is 12.1 Å². The molecule has 4 heteroatoms. The summed E-state index contributed by atoms with van der Waals surface area (Å²) >= 11 is 0. The summed E-state index contributed by atoms with van der Waals surface area (Å²) in [5, 5.41) is 11.6. The van der Waals surface area contributed by atoms with Crippen LogP contribution >= 0.6 is 0 Å². The van der Waals surface area contributed by atoms with E-state index in [9.17, 15) is 9.18 Å². The second kappa shape index (κ2) is 3.29. The summed E-state index contributed by atoms with van der Waals surface area (Å²) in [6.45, 7) is 0. The highest BCUT2D eigenvalue weighted by Gasteiger charge is 2.24. The van der Waals surface area contributed by atoms with E-state index >= 15 is 0 Å². The number of carbonyl (C=O) groups is 1. The van der Waals surface area contributed by atoms with Crippen molar-refractivity contribution >= 4 is 5.91 Å². The van der Waals surface area contributed by atoms with E-state index in [0.717, 1.165) is 18.9 Å². The van der Waals surface area contributed by atoms with Gasteiger partial charge in [-0.15, -0.1) is 0 Å². The topological polar surface area (TPSA) is 49.3 Å². The molecule has 0 bridgehead atoms. The van der Waals surface area contributed by atoms with E-state index in [-0.39, 0.29) is 17.4 Å². The molecule has 0 heterocycles. The standard InChI is InChI=1S/C10H10FNO2/c11-9-5-7(13)3-4-8(9)10(14)12-6-1-2-6/h3-6,13H,1-2H2,(H,12,14). The van der Waals surface area contributed by atoms with Gasteiger partial charge in [-0.2, -0.15) is 0 Å². The Balaban J connectivity index is 2.17. The fourth-order valence-corrected chi connectivity index (χ4v) is 1.18. The van der Waals surface area contributed by atoms with Gasteiger partial charge in [0.15, 0.2) is 0 Å². The summed E-state index contributed by atoms with van der Waals surface area (Å²) in [7, 11) is 0. The van der Waals surface area contributed by atoms with Gasteiger partial charge in [-0.1, -0.05) is 0 Å². The van der Waals surface area contributed by atoms with Crippen LogP contribution in [0.15, 0.2) is 18.2 Å². The molecule has 0 unspecified atom stereocenters. The normalized spacial score (nSPS) is 15.2. The fourth-order valence-electron chi connectivity index (χ4n) is 1.18. The Labute approximate surface area is 80.6 Å². The van der Waals surface area contributed by atoms with Gasteiger partial charge in [0.25, 0.3) is 5.91 Å². The summed E-state index contributed by atoms with van der Waals surface area (Å²) in [5.74, 6) is -1.28. The molecule has 1 aromatic carbocycles. The SMILES string of the molecule is O=C(NC1CC1)c1ccc(O)cc1F. The van der Waals surface area contributed by atoms with Gasteiger partial charge in [0.2, 0.25) is 0 Å². The van der Waals surface area contributed by atoms with E-state index in [1.807, 2.05) is 0 Å². The van der Waals surface area contributed by atoms with Crippen molar-refractivity contribution in [3.8, 4) is 5.75 Å². The quantitative estimate of drug-likeness (QED) is 0.749. The highest BCUT2D eigenvalue weighted by Crippen LogP contribution is 2.20. The number of carbonyl (C=O) groups excluding carboxylic acids is 1. The molecule has 14 heavy (non-hydrogen) atoms. The minimum absolute atomic E-state index is 0.0188. The Morgan fingerprint density at radius 3 is 2.79 bits per heavy atom.